The number of fused-ring (bicyclic) bond motifs is 10. The summed E-state index contributed by atoms with van der Waals surface area (Å²) in [6.07, 6.45) is 0. The fraction of sp³-hybridized carbons (Fsp3) is 0. The van der Waals surface area contributed by atoms with Crippen LogP contribution in [0.3, 0.4) is 0 Å². The number of para-hydroxylation sites is 2. The van der Waals surface area contributed by atoms with E-state index in [0.29, 0.717) is 17.5 Å². The average Bonchev–Trinajstić information content (AvgIpc) is 3.85. The van der Waals surface area contributed by atoms with Crippen LogP contribution in [0.25, 0.3) is 121 Å². The molecule has 0 N–H and O–H groups in total. The summed E-state index contributed by atoms with van der Waals surface area (Å²) in [6.45, 7) is 0. The van der Waals surface area contributed by atoms with Gasteiger partial charge in [0.15, 0.2) is 17.5 Å². The Morgan fingerprint density at radius 2 is 0.919 bits per heavy atom. The molecular formula is C57H35N5. The molecule has 0 unspecified atom stereocenters. The third-order valence-corrected chi connectivity index (χ3v) is 12.5. The van der Waals surface area contributed by atoms with Crippen LogP contribution < -0.4 is 0 Å². The zero-order valence-electron chi connectivity index (χ0n) is 33.4. The SMILES string of the molecule is c1ccc(-c2nc(-c3ccc4c(-n5c6ccccc6c6cc7c8c9ccccc9ccc8n(-c8ccccc8)c7cc65)cccc4c3)nc(-c3cccc4ccccc34)n2)cc1. The third kappa shape index (κ3) is 5.25. The molecule has 0 atom stereocenters. The van der Waals surface area contributed by atoms with E-state index in [4.69, 9.17) is 15.0 Å². The summed E-state index contributed by atoms with van der Waals surface area (Å²) in [7, 11) is 0. The van der Waals surface area contributed by atoms with Crippen molar-refractivity contribution in [3.05, 3.63) is 212 Å². The Labute approximate surface area is 356 Å². The van der Waals surface area contributed by atoms with E-state index in [1.54, 1.807) is 0 Å². The molecule has 5 heteroatoms. The van der Waals surface area contributed by atoms with Crippen LogP contribution in [-0.4, -0.2) is 24.1 Å². The van der Waals surface area contributed by atoms with E-state index < -0.39 is 0 Å². The molecule has 3 heterocycles. The minimum absolute atomic E-state index is 0.634. The normalized spacial score (nSPS) is 11.9. The molecule has 5 nitrogen and oxygen atoms in total. The topological polar surface area (TPSA) is 48.5 Å². The summed E-state index contributed by atoms with van der Waals surface area (Å²) >= 11 is 0. The van der Waals surface area contributed by atoms with Crippen molar-refractivity contribution >= 4 is 75.9 Å². The average molecular weight is 790 g/mol. The molecule has 0 saturated carbocycles. The van der Waals surface area contributed by atoms with Gasteiger partial charge in [-0.2, -0.15) is 0 Å². The van der Waals surface area contributed by atoms with Gasteiger partial charge in [-0.05, 0) is 75.5 Å². The van der Waals surface area contributed by atoms with Crippen LogP contribution in [0, 0.1) is 0 Å². The van der Waals surface area contributed by atoms with Crippen LogP contribution in [0.2, 0.25) is 0 Å². The maximum atomic E-state index is 5.18. The minimum atomic E-state index is 0.634. The summed E-state index contributed by atoms with van der Waals surface area (Å²) in [5, 5.41) is 12.0. The maximum Gasteiger partial charge on any atom is 0.164 e. The fourth-order valence-electron chi connectivity index (χ4n) is 9.73. The van der Waals surface area contributed by atoms with Crippen molar-refractivity contribution in [2.24, 2.45) is 0 Å². The molecule has 3 aromatic heterocycles. The fourth-order valence-corrected chi connectivity index (χ4v) is 9.73. The van der Waals surface area contributed by atoms with Crippen molar-refractivity contribution < 1.29 is 0 Å². The number of hydrogen-bond donors (Lipinski definition) is 0. The monoisotopic (exact) mass is 789 g/mol. The quantitative estimate of drug-likeness (QED) is 0.174. The largest absolute Gasteiger partial charge is 0.309 e. The van der Waals surface area contributed by atoms with Gasteiger partial charge in [0.05, 0.1) is 27.8 Å². The molecule has 10 aromatic carbocycles. The van der Waals surface area contributed by atoms with Crippen molar-refractivity contribution in [1.29, 1.82) is 0 Å². The molecule has 62 heavy (non-hydrogen) atoms. The van der Waals surface area contributed by atoms with Gasteiger partial charge < -0.3 is 9.13 Å². The molecule has 0 aliphatic rings. The summed E-state index contributed by atoms with van der Waals surface area (Å²) in [5.74, 6) is 1.93. The number of aromatic nitrogens is 5. The van der Waals surface area contributed by atoms with E-state index >= 15 is 0 Å². The molecule has 0 aliphatic heterocycles. The third-order valence-electron chi connectivity index (χ3n) is 12.5. The highest BCUT2D eigenvalue weighted by Gasteiger charge is 2.21. The first-order chi connectivity index (χ1) is 30.7. The van der Waals surface area contributed by atoms with Crippen molar-refractivity contribution in [2.45, 2.75) is 0 Å². The first-order valence-corrected chi connectivity index (χ1v) is 21.0. The van der Waals surface area contributed by atoms with E-state index in [9.17, 15) is 0 Å². The molecule has 0 saturated heterocycles. The van der Waals surface area contributed by atoms with Gasteiger partial charge in [0, 0.05) is 49.3 Å². The second-order valence-corrected chi connectivity index (χ2v) is 16.0. The van der Waals surface area contributed by atoms with Crippen LogP contribution >= 0.6 is 0 Å². The summed E-state index contributed by atoms with van der Waals surface area (Å²) in [6, 6.07) is 75.7. The highest BCUT2D eigenvalue weighted by molar-refractivity contribution is 6.25. The lowest BCUT2D eigenvalue weighted by atomic mass is 10.0. The van der Waals surface area contributed by atoms with Gasteiger partial charge in [-0.3, -0.25) is 0 Å². The van der Waals surface area contributed by atoms with E-state index in [1.165, 1.54) is 43.4 Å². The predicted molar refractivity (Wildman–Crippen MR) is 257 cm³/mol. The van der Waals surface area contributed by atoms with Crippen molar-refractivity contribution in [3.63, 3.8) is 0 Å². The molecule has 0 radical (unpaired) electrons. The van der Waals surface area contributed by atoms with E-state index in [0.717, 1.165) is 60.6 Å². The standard InChI is InChI=1S/C57H35N5/c1-3-17-38(18-4-1)55-58-56(60-57(59-55)46-26-13-19-36-15-7-9-23-42(36)46)40-29-31-43-39(33-40)20-14-28-49(43)62-50-27-12-11-25-45(50)47-34-48-53(35-52(47)62)61(41-21-5-2-6-22-41)51-32-30-37-16-8-10-24-44(37)54(48)51/h1-35H. The van der Waals surface area contributed by atoms with Gasteiger partial charge in [-0.1, -0.05) is 164 Å². The minimum Gasteiger partial charge on any atom is -0.309 e. The Hall–Kier alpha value is -8.41. The molecule has 13 rings (SSSR count). The predicted octanol–water partition coefficient (Wildman–Crippen LogP) is 14.5. The van der Waals surface area contributed by atoms with Crippen LogP contribution in [0.5, 0.6) is 0 Å². The lowest BCUT2D eigenvalue weighted by molar-refractivity contribution is 1.08. The van der Waals surface area contributed by atoms with E-state index in [-0.39, 0.29) is 0 Å². The molecular weight excluding hydrogens is 755 g/mol. The van der Waals surface area contributed by atoms with Gasteiger partial charge in [0.1, 0.15) is 0 Å². The molecule has 0 amide bonds. The van der Waals surface area contributed by atoms with Gasteiger partial charge in [0.25, 0.3) is 0 Å². The van der Waals surface area contributed by atoms with E-state index in [2.05, 4.69) is 203 Å². The zero-order valence-corrected chi connectivity index (χ0v) is 33.4. The smallest absolute Gasteiger partial charge is 0.164 e. The molecule has 0 spiro atoms. The molecule has 13 aromatic rings. The summed E-state index contributed by atoms with van der Waals surface area (Å²) in [5.41, 5.74) is 9.80. The van der Waals surface area contributed by atoms with Crippen LogP contribution in [0.1, 0.15) is 0 Å². The lowest BCUT2D eigenvalue weighted by Gasteiger charge is -2.14. The maximum absolute atomic E-state index is 5.18. The lowest BCUT2D eigenvalue weighted by Crippen LogP contribution is -2.01. The van der Waals surface area contributed by atoms with Crippen LogP contribution in [-0.2, 0) is 0 Å². The van der Waals surface area contributed by atoms with Crippen molar-refractivity contribution in [2.75, 3.05) is 0 Å². The summed E-state index contributed by atoms with van der Waals surface area (Å²) in [4.78, 5) is 15.4. The number of nitrogens with zero attached hydrogens (tertiary/aromatic N) is 5. The van der Waals surface area contributed by atoms with Crippen LogP contribution in [0.15, 0.2) is 212 Å². The molecule has 288 valence electrons. The molecule has 0 aliphatic carbocycles. The van der Waals surface area contributed by atoms with Gasteiger partial charge >= 0.3 is 0 Å². The Morgan fingerprint density at radius 3 is 1.76 bits per heavy atom. The first-order valence-electron chi connectivity index (χ1n) is 21.0. The van der Waals surface area contributed by atoms with Gasteiger partial charge in [0.2, 0.25) is 0 Å². The van der Waals surface area contributed by atoms with Gasteiger partial charge in [-0.25, -0.2) is 15.0 Å². The Bertz CT molecular complexity index is 3910. The molecule has 0 fully saturated rings. The number of rotatable bonds is 5. The summed E-state index contributed by atoms with van der Waals surface area (Å²) < 4.78 is 4.88. The molecule has 0 bridgehead atoms. The Morgan fingerprint density at radius 1 is 0.290 bits per heavy atom. The highest BCUT2D eigenvalue weighted by Crippen LogP contribution is 2.43. The van der Waals surface area contributed by atoms with Crippen LogP contribution in [0.4, 0.5) is 0 Å². The van der Waals surface area contributed by atoms with Gasteiger partial charge in [-0.15, -0.1) is 0 Å². The van der Waals surface area contributed by atoms with E-state index in [1.807, 2.05) is 18.2 Å². The van der Waals surface area contributed by atoms with Crippen molar-refractivity contribution in [3.8, 4) is 45.5 Å². The highest BCUT2D eigenvalue weighted by atomic mass is 15.0. The van der Waals surface area contributed by atoms with Crippen molar-refractivity contribution in [1.82, 2.24) is 24.1 Å². The first kappa shape index (κ1) is 34.5. The number of benzene rings is 10. The second kappa shape index (κ2) is 13.6. The Kier molecular flexibility index (Phi) is 7.54. The zero-order chi connectivity index (χ0) is 40.7. The number of hydrogen-bond acceptors (Lipinski definition) is 3. The Balaban J connectivity index is 1.04. The second-order valence-electron chi connectivity index (χ2n) is 16.0.